The molecule has 0 heterocycles. The van der Waals surface area contributed by atoms with E-state index < -0.39 is 39.0 Å². The molecule has 1 N–H and O–H groups in total. The summed E-state index contributed by atoms with van der Waals surface area (Å²) in [5, 5.41) is 0. The van der Waals surface area contributed by atoms with E-state index in [-0.39, 0.29) is 0 Å². The molecule has 1 rings (SSSR count). The standard InChI is InChI=1S/C7H5F3O2S/c1-3-6(9)4(8)2-5(7(3)10)13(11)12/h2H,1H3,(H,11,12). The van der Waals surface area contributed by atoms with Gasteiger partial charge in [-0.2, -0.15) is 0 Å². The van der Waals surface area contributed by atoms with Gasteiger partial charge in [0.15, 0.2) is 22.7 Å². The van der Waals surface area contributed by atoms with Crippen LogP contribution in [0.4, 0.5) is 13.2 Å². The van der Waals surface area contributed by atoms with E-state index in [1.165, 1.54) is 0 Å². The molecule has 13 heavy (non-hydrogen) atoms. The molecule has 0 amide bonds. The highest BCUT2D eigenvalue weighted by molar-refractivity contribution is 7.79. The van der Waals surface area contributed by atoms with Gasteiger partial charge in [0.2, 0.25) is 0 Å². The molecule has 0 bridgehead atoms. The number of hydrogen-bond donors (Lipinski definition) is 1. The number of halogens is 3. The summed E-state index contributed by atoms with van der Waals surface area (Å²) in [6.45, 7) is 0.990. The SMILES string of the molecule is Cc1c(F)c(F)cc(S(=O)O)c1F. The minimum absolute atomic E-state index is 0.369. The predicted octanol–water partition coefficient (Wildman–Crippen LogP) is 1.99. The first-order valence-electron chi connectivity index (χ1n) is 3.20. The highest BCUT2D eigenvalue weighted by Crippen LogP contribution is 2.20. The summed E-state index contributed by atoms with van der Waals surface area (Å²) in [6.07, 6.45) is 0. The number of hydrogen-bond acceptors (Lipinski definition) is 1. The molecule has 6 heteroatoms. The fraction of sp³-hybridized carbons (Fsp3) is 0.143. The Kier molecular flexibility index (Phi) is 2.72. The van der Waals surface area contributed by atoms with E-state index in [0.29, 0.717) is 6.07 Å². The van der Waals surface area contributed by atoms with Crippen molar-refractivity contribution in [2.75, 3.05) is 0 Å². The molecule has 0 saturated carbocycles. The fourth-order valence-electron chi connectivity index (χ4n) is 0.829. The molecular weight excluding hydrogens is 205 g/mol. The maximum atomic E-state index is 12.9. The Morgan fingerprint density at radius 2 is 1.85 bits per heavy atom. The molecule has 0 radical (unpaired) electrons. The molecule has 0 fully saturated rings. The van der Waals surface area contributed by atoms with Crippen LogP contribution in [-0.2, 0) is 11.1 Å². The molecule has 0 aliphatic rings. The van der Waals surface area contributed by atoms with Gasteiger partial charge in [0.25, 0.3) is 0 Å². The molecule has 1 aromatic rings. The smallest absolute Gasteiger partial charge is 0.189 e. The summed E-state index contributed by atoms with van der Waals surface area (Å²) in [4.78, 5) is -0.753. The highest BCUT2D eigenvalue weighted by Gasteiger charge is 2.18. The predicted molar refractivity (Wildman–Crippen MR) is 40.1 cm³/mol. The van der Waals surface area contributed by atoms with Gasteiger partial charge in [-0.05, 0) is 13.0 Å². The second-order valence-corrected chi connectivity index (χ2v) is 3.30. The van der Waals surface area contributed by atoms with Gasteiger partial charge < -0.3 is 4.55 Å². The lowest BCUT2D eigenvalue weighted by Crippen LogP contribution is -2.01. The molecule has 1 aromatic carbocycles. The summed E-state index contributed by atoms with van der Waals surface area (Å²) in [5.74, 6) is -3.87. The maximum absolute atomic E-state index is 12.9. The third kappa shape index (κ3) is 1.73. The zero-order chi connectivity index (χ0) is 10.2. The topological polar surface area (TPSA) is 37.3 Å². The lowest BCUT2D eigenvalue weighted by molar-refractivity contribution is 0.470. The van der Waals surface area contributed by atoms with Crippen LogP contribution in [0.5, 0.6) is 0 Å². The van der Waals surface area contributed by atoms with Crippen molar-refractivity contribution in [1.82, 2.24) is 0 Å². The maximum Gasteiger partial charge on any atom is 0.189 e. The Balaban J connectivity index is 3.50. The second-order valence-electron chi connectivity index (χ2n) is 2.36. The van der Waals surface area contributed by atoms with Gasteiger partial charge in [0.1, 0.15) is 10.7 Å². The summed E-state index contributed by atoms with van der Waals surface area (Å²) in [5.41, 5.74) is -0.600. The minimum atomic E-state index is -2.65. The van der Waals surface area contributed by atoms with Crippen molar-refractivity contribution >= 4 is 11.1 Å². The van der Waals surface area contributed by atoms with E-state index in [1.54, 1.807) is 0 Å². The summed E-state index contributed by atoms with van der Waals surface area (Å²) in [7, 11) is 0. The summed E-state index contributed by atoms with van der Waals surface area (Å²) < 4.78 is 57.1. The Morgan fingerprint density at radius 3 is 2.31 bits per heavy atom. The lowest BCUT2D eigenvalue weighted by Gasteiger charge is -2.03. The van der Waals surface area contributed by atoms with E-state index in [9.17, 15) is 17.4 Å². The normalized spacial score (nSPS) is 13.0. The number of benzene rings is 1. The molecule has 72 valence electrons. The molecule has 2 nitrogen and oxygen atoms in total. The van der Waals surface area contributed by atoms with Gasteiger partial charge in [0.05, 0.1) is 0 Å². The van der Waals surface area contributed by atoms with E-state index in [0.717, 1.165) is 6.92 Å². The first-order chi connectivity index (χ1) is 5.95. The third-order valence-electron chi connectivity index (χ3n) is 1.53. The summed E-state index contributed by atoms with van der Waals surface area (Å²) >= 11 is -2.65. The summed E-state index contributed by atoms with van der Waals surface area (Å²) in [6, 6.07) is 0.369. The molecule has 0 saturated heterocycles. The molecule has 1 atom stereocenters. The molecule has 0 aliphatic heterocycles. The zero-order valence-corrected chi connectivity index (χ0v) is 7.29. The van der Waals surface area contributed by atoms with Crippen molar-refractivity contribution < 1.29 is 21.9 Å². The molecular formula is C7H5F3O2S. The Bertz CT molecular complexity index is 378. The molecule has 0 aliphatic carbocycles. The van der Waals surface area contributed by atoms with Crippen molar-refractivity contribution in [1.29, 1.82) is 0 Å². The van der Waals surface area contributed by atoms with Crippen LogP contribution in [0.25, 0.3) is 0 Å². The highest BCUT2D eigenvalue weighted by atomic mass is 32.2. The van der Waals surface area contributed by atoms with Crippen molar-refractivity contribution in [3.63, 3.8) is 0 Å². The van der Waals surface area contributed by atoms with Crippen LogP contribution >= 0.6 is 0 Å². The van der Waals surface area contributed by atoms with E-state index >= 15 is 0 Å². The average molecular weight is 210 g/mol. The Labute approximate surface area is 74.7 Å². The van der Waals surface area contributed by atoms with Crippen LogP contribution in [0.3, 0.4) is 0 Å². The fourth-order valence-corrected chi connectivity index (χ4v) is 1.34. The van der Waals surface area contributed by atoms with Crippen LogP contribution < -0.4 is 0 Å². The van der Waals surface area contributed by atoms with Crippen molar-refractivity contribution in [3.8, 4) is 0 Å². The zero-order valence-electron chi connectivity index (χ0n) is 6.47. The van der Waals surface area contributed by atoms with Crippen LogP contribution in [0.1, 0.15) is 5.56 Å². The number of rotatable bonds is 1. The van der Waals surface area contributed by atoms with Gasteiger partial charge in [0, 0.05) is 5.56 Å². The van der Waals surface area contributed by atoms with Crippen LogP contribution in [0.15, 0.2) is 11.0 Å². The second kappa shape index (κ2) is 3.47. The van der Waals surface area contributed by atoms with Crippen LogP contribution in [0, 0.1) is 24.4 Å². The van der Waals surface area contributed by atoms with Gasteiger partial charge in [-0.1, -0.05) is 0 Å². The van der Waals surface area contributed by atoms with Gasteiger partial charge in [-0.15, -0.1) is 0 Å². The Hall–Kier alpha value is -0.880. The first kappa shape index (κ1) is 10.2. The lowest BCUT2D eigenvalue weighted by atomic mass is 10.2. The van der Waals surface area contributed by atoms with Crippen LogP contribution in [0.2, 0.25) is 0 Å². The van der Waals surface area contributed by atoms with Crippen LogP contribution in [-0.4, -0.2) is 8.76 Å². The van der Waals surface area contributed by atoms with E-state index in [1.807, 2.05) is 0 Å². The van der Waals surface area contributed by atoms with Crippen molar-refractivity contribution in [2.24, 2.45) is 0 Å². The molecule has 1 unspecified atom stereocenters. The molecule has 0 spiro atoms. The first-order valence-corrected chi connectivity index (χ1v) is 4.30. The quantitative estimate of drug-likeness (QED) is 0.568. The van der Waals surface area contributed by atoms with Gasteiger partial charge >= 0.3 is 0 Å². The largest absolute Gasteiger partial charge is 0.302 e. The van der Waals surface area contributed by atoms with Gasteiger partial charge in [-0.25, -0.2) is 17.4 Å². The minimum Gasteiger partial charge on any atom is -0.302 e. The molecule has 0 aromatic heterocycles. The van der Waals surface area contributed by atoms with E-state index in [2.05, 4.69) is 0 Å². The Morgan fingerprint density at radius 1 is 1.31 bits per heavy atom. The van der Waals surface area contributed by atoms with Gasteiger partial charge in [-0.3, -0.25) is 0 Å². The monoisotopic (exact) mass is 210 g/mol. The third-order valence-corrected chi connectivity index (χ3v) is 2.20. The van der Waals surface area contributed by atoms with Crippen molar-refractivity contribution in [2.45, 2.75) is 11.8 Å². The average Bonchev–Trinajstić information content (AvgIpc) is 2.07. The van der Waals surface area contributed by atoms with E-state index in [4.69, 9.17) is 4.55 Å². The van der Waals surface area contributed by atoms with Crippen molar-refractivity contribution in [3.05, 3.63) is 29.1 Å².